The second-order valence-electron chi connectivity index (χ2n) is 5.30. The van der Waals surface area contributed by atoms with Gasteiger partial charge < -0.3 is 0 Å². The third-order valence-electron chi connectivity index (χ3n) is 3.63. The van der Waals surface area contributed by atoms with Crippen LogP contribution in [0.5, 0.6) is 0 Å². The number of nitrogens with one attached hydrogen (secondary N) is 1. The molecule has 3 nitrogen and oxygen atoms in total. The molecule has 1 unspecified atom stereocenters. The van der Waals surface area contributed by atoms with E-state index in [1.54, 1.807) is 6.21 Å². The van der Waals surface area contributed by atoms with Crippen molar-refractivity contribution in [1.82, 2.24) is 5.43 Å². The molecule has 0 saturated heterocycles. The largest absolute Gasteiger partial charge is 0.273 e. The van der Waals surface area contributed by atoms with Crippen LogP contribution in [0.25, 0.3) is 6.08 Å². The van der Waals surface area contributed by atoms with E-state index in [-0.39, 0.29) is 11.8 Å². The van der Waals surface area contributed by atoms with Crippen molar-refractivity contribution in [1.29, 1.82) is 0 Å². The molecular formula is C20H22N2O. The first kappa shape index (κ1) is 16.7. The van der Waals surface area contributed by atoms with E-state index in [4.69, 9.17) is 0 Å². The maximum atomic E-state index is 12.0. The number of allylic oxidation sites excluding steroid dienone is 1. The van der Waals surface area contributed by atoms with Gasteiger partial charge in [0.1, 0.15) is 0 Å². The van der Waals surface area contributed by atoms with Gasteiger partial charge in [-0.1, -0.05) is 73.7 Å². The maximum absolute atomic E-state index is 12.0. The van der Waals surface area contributed by atoms with Gasteiger partial charge in [0.15, 0.2) is 0 Å². The second kappa shape index (κ2) is 9.36. The first-order valence-electron chi connectivity index (χ1n) is 7.88. The monoisotopic (exact) mass is 306 g/mol. The van der Waals surface area contributed by atoms with Crippen LogP contribution >= 0.6 is 0 Å². The summed E-state index contributed by atoms with van der Waals surface area (Å²) in [6.45, 7) is 2.09. The van der Waals surface area contributed by atoms with Crippen LogP contribution in [0.4, 0.5) is 0 Å². The number of carbonyl (C=O) groups excluding carboxylic acids is 1. The first-order valence-corrected chi connectivity index (χ1v) is 7.88. The highest BCUT2D eigenvalue weighted by atomic mass is 16.2. The minimum absolute atomic E-state index is 0.0648. The molecule has 1 N–H and O–H groups in total. The van der Waals surface area contributed by atoms with Gasteiger partial charge in [-0.15, -0.1) is 0 Å². The zero-order valence-corrected chi connectivity index (χ0v) is 13.4. The predicted octanol–water partition coefficient (Wildman–Crippen LogP) is 4.39. The normalized spacial score (nSPS) is 12.6. The molecule has 2 aromatic carbocycles. The molecule has 0 heterocycles. The number of carbonyl (C=O) groups is 1. The Morgan fingerprint density at radius 1 is 1.09 bits per heavy atom. The van der Waals surface area contributed by atoms with E-state index >= 15 is 0 Å². The summed E-state index contributed by atoms with van der Waals surface area (Å²) in [5.74, 6) is 0.163. The van der Waals surface area contributed by atoms with Crippen molar-refractivity contribution in [3.8, 4) is 0 Å². The molecule has 3 heteroatoms. The first-order chi connectivity index (χ1) is 11.3. The van der Waals surface area contributed by atoms with E-state index in [1.807, 2.05) is 60.7 Å². The SMILES string of the molecule is CCC(CC(=O)NN=CC=Cc1ccccc1)c1ccccc1. The zero-order chi connectivity index (χ0) is 16.3. The number of hydrogen-bond acceptors (Lipinski definition) is 2. The Morgan fingerprint density at radius 2 is 1.74 bits per heavy atom. The number of benzene rings is 2. The molecule has 0 aromatic heterocycles. The average Bonchev–Trinajstić information content (AvgIpc) is 2.61. The van der Waals surface area contributed by atoms with Gasteiger partial charge in [0, 0.05) is 12.6 Å². The van der Waals surface area contributed by atoms with Gasteiger partial charge in [0.2, 0.25) is 5.91 Å². The van der Waals surface area contributed by atoms with Gasteiger partial charge in [-0.05, 0) is 29.5 Å². The molecule has 1 amide bonds. The Labute approximate surface area is 137 Å². The maximum Gasteiger partial charge on any atom is 0.240 e. The Balaban J connectivity index is 1.80. The van der Waals surface area contributed by atoms with Crippen LogP contribution in [-0.4, -0.2) is 12.1 Å². The summed E-state index contributed by atoms with van der Waals surface area (Å²) >= 11 is 0. The average molecular weight is 306 g/mol. The standard InChI is InChI=1S/C20H22N2O/c1-2-18(19-13-7-4-8-14-19)16-20(23)22-21-15-9-12-17-10-5-3-6-11-17/h3-15,18H,2,16H2,1H3,(H,22,23). The van der Waals surface area contributed by atoms with Crippen LogP contribution in [0, 0.1) is 0 Å². The molecule has 0 aliphatic rings. The number of hydrazone groups is 1. The van der Waals surface area contributed by atoms with Crippen molar-refractivity contribution in [3.05, 3.63) is 77.9 Å². The molecule has 0 aliphatic carbocycles. The Hall–Kier alpha value is -2.68. The van der Waals surface area contributed by atoms with E-state index in [9.17, 15) is 4.79 Å². The molecule has 0 radical (unpaired) electrons. The molecule has 2 aromatic rings. The van der Waals surface area contributed by atoms with Crippen molar-refractivity contribution < 1.29 is 4.79 Å². The number of nitrogens with zero attached hydrogens (tertiary/aromatic N) is 1. The lowest BCUT2D eigenvalue weighted by Crippen LogP contribution is -2.19. The summed E-state index contributed by atoms with van der Waals surface area (Å²) in [6.07, 6.45) is 6.71. The summed E-state index contributed by atoms with van der Waals surface area (Å²) in [6, 6.07) is 20.1. The highest BCUT2D eigenvalue weighted by Gasteiger charge is 2.13. The Kier molecular flexibility index (Phi) is 6.79. The van der Waals surface area contributed by atoms with Crippen molar-refractivity contribution in [2.45, 2.75) is 25.7 Å². The zero-order valence-electron chi connectivity index (χ0n) is 13.4. The molecule has 0 aliphatic heterocycles. The fourth-order valence-corrected chi connectivity index (χ4v) is 2.36. The van der Waals surface area contributed by atoms with Crippen LogP contribution in [-0.2, 0) is 4.79 Å². The molecule has 1 atom stereocenters. The van der Waals surface area contributed by atoms with E-state index in [2.05, 4.69) is 29.6 Å². The van der Waals surface area contributed by atoms with Gasteiger partial charge >= 0.3 is 0 Å². The smallest absolute Gasteiger partial charge is 0.240 e. The lowest BCUT2D eigenvalue weighted by molar-refractivity contribution is -0.121. The molecular weight excluding hydrogens is 284 g/mol. The van der Waals surface area contributed by atoms with Crippen molar-refractivity contribution in [2.24, 2.45) is 5.10 Å². The molecule has 2 rings (SSSR count). The van der Waals surface area contributed by atoms with Gasteiger partial charge in [-0.25, -0.2) is 5.43 Å². The molecule has 0 fully saturated rings. The van der Waals surface area contributed by atoms with Crippen LogP contribution in [0.2, 0.25) is 0 Å². The Morgan fingerprint density at radius 3 is 2.39 bits per heavy atom. The molecule has 23 heavy (non-hydrogen) atoms. The second-order valence-corrected chi connectivity index (χ2v) is 5.30. The highest BCUT2D eigenvalue weighted by molar-refractivity contribution is 5.81. The van der Waals surface area contributed by atoms with Gasteiger partial charge in [-0.2, -0.15) is 5.10 Å². The van der Waals surface area contributed by atoms with Gasteiger partial charge in [0.25, 0.3) is 0 Å². The van der Waals surface area contributed by atoms with E-state index in [1.165, 1.54) is 5.56 Å². The number of hydrogen-bond donors (Lipinski definition) is 1. The van der Waals surface area contributed by atoms with Crippen LogP contribution in [0.15, 0.2) is 71.8 Å². The minimum atomic E-state index is -0.0648. The summed E-state index contributed by atoms with van der Waals surface area (Å²) in [7, 11) is 0. The predicted molar refractivity (Wildman–Crippen MR) is 96.2 cm³/mol. The highest BCUT2D eigenvalue weighted by Crippen LogP contribution is 2.22. The third kappa shape index (κ3) is 5.91. The molecule has 118 valence electrons. The summed E-state index contributed by atoms with van der Waals surface area (Å²) < 4.78 is 0. The quantitative estimate of drug-likeness (QED) is 0.598. The minimum Gasteiger partial charge on any atom is -0.273 e. The van der Waals surface area contributed by atoms with E-state index in [0.29, 0.717) is 6.42 Å². The van der Waals surface area contributed by atoms with Crippen LogP contribution in [0.3, 0.4) is 0 Å². The topological polar surface area (TPSA) is 41.5 Å². The summed E-state index contributed by atoms with van der Waals surface area (Å²) in [4.78, 5) is 12.0. The molecule has 0 saturated carbocycles. The third-order valence-corrected chi connectivity index (χ3v) is 3.63. The summed E-state index contributed by atoms with van der Waals surface area (Å²) in [5, 5.41) is 3.96. The fourth-order valence-electron chi connectivity index (χ4n) is 2.36. The lowest BCUT2D eigenvalue weighted by Gasteiger charge is -2.13. The number of rotatable bonds is 7. The van der Waals surface area contributed by atoms with Crippen LogP contribution in [0.1, 0.15) is 36.8 Å². The van der Waals surface area contributed by atoms with Crippen molar-refractivity contribution in [2.75, 3.05) is 0 Å². The lowest BCUT2D eigenvalue weighted by atomic mass is 9.93. The Bertz CT molecular complexity index is 648. The van der Waals surface area contributed by atoms with Gasteiger partial charge in [0.05, 0.1) is 0 Å². The van der Waals surface area contributed by atoms with Crippen LogP contribution < -0.4 is 5.43 Å². The van der Waals surface area contributed by atoms with Crippen molar-refractivity contribution in [3.63, 3.8) is 0 Å². The van der Waals surface area contributed by atoms with E-state index < -0.39 is 0 Å². The van der Waals surface area contributed by atoms with Crippen molar-refractivity contribution >= 4 is 18.2 Å². The van der Waals surface area contributed by atoms with E-state index in [0.717, 1.165) is 12.0 Å². The van der Waals surface area contributed by atoms with Gasteiger partial charge in [-0.3, -0.25) is 4.79 Å². The molecule has 0 bridgehead atoms. The fraction of sp³-hybridized carbons (Fsp3) is 0.200. The number of amides is 1. The molecule has 0 spiro atoms. The summed E-state index contributed by atoms with van der Waals surface area (Å²) in [5.41, 5.74) is 4.87.